The van der Waals surface area contributed by atoms with Gasteiger partial charge in [0.05, 0.1) is 49.2 Å². The van der Waals surface area contributed by atoms with Crippen LogP contribution in [0.2, 0.25) is 0 Å². The molecule has 0 spiro atoms. The molecule has 4 heterocycles. The molecule has 6 atom stereocenters. The first-order valence-electron chi connectivity index (χ1n) is 23.3. The van der Waals surface area contributed by atoms with Crippen LogP contribution in [0, 0.1) is 17.8 Å². The zero-order chi connectivity index (χ0) is 47.4. The van der Waals surface area contributed by atoms with Gasteiger partial charge in [-0.2, -0.15) is 0 Å². The van der Waals surface area contributed by atoms with Crippen molar-refractivity contribution in [2.45, 2.75) is 118 Å². The van der Waals surface area contributed by atoms with Crippen molar-refractivity contribution < 1.29 is 38.1 Å². The molecule has 0 bridgehead atoms. The molecule has 354 valence electrons. The van der Waals surface area contributed by atoms with Crippen molar-refractivity contribution in [3.8, 4) is 28.1 Å². The van der Waals surface area contributed by atoms with Crippen LogP contribution in [0.4, 0.5) is 9.59 Å². The maximum Gasteiger partial charge on any atom is 0.407 e. The highest BCUT2D eigenvalue weighted by molar-refractivity contribution is 6.07. The number of hydrogen-bond donors (Lipinski definition) is 4. The van der Waals surface area contributed by atoms with E-state index >= 15 is 0 Å². The van der Waals surface area contributed by atoms with Gasteiger partial charge in [-0.1, -0.05) is 52.8 Å². The Kier molecular flexibility index (Phi) is 14.9. The smallest absolute Gasteiger partial charge is 0.407 e. The lowest BCUT2D eigenvalue weighted by atomic mass is 9.91. The van der Waals surface area contributed by atoms with Crippen LogP contribution in [0.15, 0.2) is 48.7 Å². The second-order valence-electron chi connectivity index (χ2n) is 18.6. The van der Waals surface area contributed by atoms with Gasteiger partial charge < -0.3 is 49.3 Å². The molecule has 0 aliphatic carbocycles. The Morgan fingerprint density at radius 3 is 2.32 bits per heavy atom. The number of fused-ring (bicyclic) bond motifs is 6. The Hall–Kier alpha value is -6.16. The fourth-order valence-electron chi connectivity index (χ4n) is 9.42. The van der Waals surface area contributed by atoms with Crippen LogP contribution in [0.3, 0.4) is 0 Å². The maximum absolute atomic E-state index is 14.3. The van der Waals surface area contributed by atoms with Gasteiger partial charge in [0, 0.05) is 36.8 Å². The number of alkyl carbamates (subject to hydrolysis) is 2. The number of H-pyrrole nitrogens is 2. The summed E-state index contributed by atoms with van der Waals surface area (Å²) in [5.74, 6) is 1.98. The molecule has 2 aromatic heterocycles. The van der Waals surface area contributed by atoms with Crippen molar-refractivity contribution in [3.63, 3.8) is 0 Å². The number of benzene rings is 3. The highest BCUT2D eigenvalue weighted by Crippen LogP contribution is 2.43. The van der Waals surface area contributed by atoms with Crippen LogP contribution in [0.1, 0.15) is 110 Å². The van der Waals surface area contributed by atoms with Crippen LogP contribution >= 0.6 is 0 Å². The molecule has 1 fully saturated rings. The number of ether oxygens (including phenoxy) is 4. The Bertz CT molecular complexity index is 2540. The Balaban J connectivity index is 1.15. The number of hydrogen-bond acceptors (Lipinski definition) is 10. The SMILES string of the molecule is CCC(CC1CCCOC1)N(C(=O)C(C)NC(=O)OC)C(C)c1nc2c(ccc3cc4c(cc32)OCc2cc(-c3cnc(C(C)N(CC(C)C)C(=O)C(NC(=O)OC)C(C)C)[nH]3)ccc2-4)[nH]1. The third kappa shape index (κ3) is 10.1. The molecule has 0 saturated carbocycles. The summed E-state index contributed by atoms with van der Waals surface area (Å²) in [6.45, 7) is 17.9. The topological polar surface area (TPSA) is 193 Å². The van der Waals surface area contributed by atoms with E-state index in [-0.39, 0.29) is 29.7 Å². The Labute approximate surface area is 386 Å². The number of carbonyl (C=O) groups excluding carboxylic acids is 4. The molecule has 0 radical (unpaired) electrons. The number of imidazole rings is 2. The second kappa shape index (κ2) is 20.6. The van der Waals surface area contributed by atoms with E-state index in [0.717, 1.165) is 87.8 Å². The highest BCUT2D eigenvalue weighted by Gasteiger charge is 2.36. The van der Waals surface area contributed by atoms with Crippen molar-refractivity contribution in [2.75, 3.05) is 34.0 Å². The zero-order valence-electron chi connectivity index (χ0n) is 39.9. The van der Waals surface area contributed by atoms with Crippen molar-refractivity contribution in [1.29, 1.82) is 0 Å². The molecule has 2 aliphatic heterocycles. The van der Waals surface area contributed by atoms with Gasteiger partial charge in [0.2, 0.25) is 11.8 Å². The molecule has 2 aliphatic rings. The van der Waals surface area contributed by atoms with Crippen LogP contribution in [-0.2, 0) is 30.4 Å². The van der Waals surface area contributed by atoms with E-state index < -0.39 is 36.4 Å². The number of aromatic amines is 2. The second-order valence-corrected chi connectivity index (χ2v) is 18.6. The summed E-state index contributed by atoms with van der Waals surface area (Å²) in [6, 6.07) is 12.1. The van der Waals surface area contributed by atoms with Crippen LogP contribution in [0.25, 0.3) is 44.2 Å². The summed E-state index contributed by atoms with van der Waals surface area (Å²) in [5.41, 5.74) is 6.43. The van der Waals surface area contributed by atoms with Crippen molar-refractivity contribution in [1.82, 2.24) is 40.4 Å². The van der Waals surface area contributed by atoms with E-state index in [4.69, 9.17) is 28.9 Å². The van der Waals surface area contributed by atoms with Gasteiger partial charge >= 0.3 is 12.2 Å². The molecule has 16 heteroatoms. The fraction of sp³-hybridized carbons (Fsp3) is 0.520. The van der Waals surface area contributed by atoms with Crippen molar-refractivity contribution >= 4 is 45.8 Å². The maximum atomic E-state index is 14.3. The minimum atomic E-state index is -0.810. The normalized spacial score (nSPS) is 16.9. The van der Waals surface area contributed by atoms with Gasteiger partial charge in [0.1, 0.15) is 36.1 Å². The quantitative estimate of drug-likeness (QED) is 0.0744. The van der Waals surface area contributed by atoms with Crippen molar-refractivity contribution in [3.05, 3.63) is 65.9 Å². The van der Waals surface area contributed by atoms with E-state index in [1.165, 1.54) is 14.2 Å². The minimum absolute atomic E-state index is 0.109. The predicted molar refractivity (Wildman–Crippen MR) is 253 cm³/mol. The summed E-state index contributed by atoms with van der Waals surface area (Å²) in [6.07, 6.45) is 4.03. The molecule has 6 unspecified atom stereocenters. The molecule has 4 amide bonds. The largest absolute Gasteiger partial charge is 0.488 e. The zero-order valence-corrected chi connectivity index (χ0v) is 39.9. The van der Waals surface area contributed by atoms with E-state index in [1.54, 1.807) is 18.0 Å². The molecule has 7 rings (SSSR count). The van der Waals surface area contributed by atoms with E-state index in [0.29, 0.717) is 37.3 Å². The standard InChI is InChI=1S/C50H66N8O8/c1-11-36(19-32-13-12-18-65-25-32)58(47(59)29(6)52-49(61)63-9)31(8)46-53-40-17-15-33-21-39-37-16-14-34(20-35(37)26-66-42(39)22-38(33)44(40)55-46)41-23-51-45(54-41)30(7)57(24-27(2)3)48(60)43(28(4)5)56-50(62)64-10/h14-17,20-23,27-32,36,43H,11-13,18-19,24-26H2,1-10H3,(H,51,54)(H,52,61)(H,53,55)(H,56,62). The average molecular weight is 907 g/mol. The number of rotatable bonds is 16. The molecule has 5 aromatic rings. The number of methoxy groups -OCH3 is 2. The first-order chi connectivity index (χ1) is 31.6. The number of carbonyl (C=O) groups is 4. The number of nitrogens with one attached hydrogen (secondary N) is 4. The summed E-state index contributed by atoms with van der Waals surface area (Å²) < 4.78 is 21.9. The van der Waals surface area contributed by atoms with Gasteiger partial charge in [0.15, 0.2) is 0 Å². The Morgan fingerprint density at radius 1 is 0.879 bits per heavy atom. The summed E-state index contributed by atoms with van der Waals surface area (Å²) >= 11 is 0. The molecule has 3 aromatic carbocycles. The molecule has 1 saturated heterocycles. The molecular weight excluding hydrogens is 841 g/mol. The highest BCUT2D eigenvalue weighted by atomic mass is 16.5. The summed E-state index contributed by atoms with van der Waals surface area (Å²) in [5, 5.41) is 7.32. The average Bonchev–Trinajstić information content (AvgIpc) is 4.00. The summed E-state index contributed by atoms with van der Waals surface area (Å²) in [4.78, 5) is 73.1. The lowest BCUT2D eigenvalue weighted by molar-refractivity contribution is -0.139. The van der Waals surface area contributed by atoms with Crippen LogP contribution in [-0.4, -0.2) is 106 Å². The fourth-order valence-corrected chi connectivity index (χ4v) is 9.42. The monoisotopic (exact) mass is 907 g/mol. The number of nitrogens with zero attached hydrogens (tertiary/aromatic N) is 4. The van der Waals surface area contributed by atoms with Gasteiger partial charge in [0.25, 0.3) is 0 Å². The molecule has 4 N–H and O–H groups in total. The van der Waals surface area contributed by atoms with Gasteiger partial charge in [-0.3, -0.25) is 9.59 Å². The van der Waals surface area contributed by atoms with Gasteiger partial charge in [-0.05, 0) is 111 Å². The van der Waals surface area contributed by atoms with Gasteiger partial charge in [-0.25, -0.2) is 19.6 Å². The van der Waals surface area contributed by atoms with E-state index in [9.17, 15) is 19.2 Å². The Morgan fingerprint density at radius 2 is 1.64 bits per heavy atom. The third-order valence-corrected chi connectivity index (χ3v) is 13.1. The van der Waals surface area contributed by atoms with Crippen molar-refractivity contribution in [2.24, 2.45) is 17.8 Å². The summed E-state index contributed by atoms with van der Waals surface area (Å²) in [7, 11) is 2.57. The lowest BCUT2D eigenvalue weighted by Crippen LogP contribution is -2.52. The first-order valence-corrected chi connectivity index (χ1v) is 23.3. The van der Waals surface area contributed by atoms with E-state index in [2.05, 4.69) is 77.8 Å². The minimum Gasteiger partial charge on any atom is -0.488 e. The molecule has 16 nitrogen and oxygen atoms in total. The third-order valence-electron chi connectivity index (χ3n) is 13.1. The van der Waals surface area contributed by atoms with E-state index in [1.807, 2.05) is 38.7 Å². The van der Waals surface area contributed by atoms with Gasteiger partial charge in [-0.15, -0.1) is 0 Å². The predicted octanol–water partition coefficient (Wildman–Crippen LogP) is 8.82. The number of aromatic nitrogens is 4. The first kappa shape index (κ1) is 47.8. The van der Waals surface area contributed by atoms with Crippen LogP contribution in [0.5, 0.6) is 5.75 Å². The molecule has 66 heavy (non-hydrogen) atoms. The molecular formula is C50H66N8O8. The lowest BCUT2D eigenvalue weighted by Gasteiger charge is -2.39. The van der Waals surface area contributed by atoms with Crippen LogP contribution < -0.4 is 15.4 Å². The number of amides is 4.